The number of rotatable bonds is 3. The summed E-state index contributed by atoms with van der Waals surface area (Å²) < 4.78 is 1.70. The summed E-state index contributed by atoms with van der Waals surface area (Å²) in [5.41, 5.74) is 4.83. The molecule has 2 heterocycles. The minimum atomic E-state index is -0.401. The second kappa shape index (κ2) is 5.55. The molecule has 1 N–H and O–H groups in total. The van der Waals surface area contributed by atoms with Crippen molar-refractivity contribution in [2.45, 2.75) is 13.8 Å². The summed E-state index contributed by atoms with van der Waals surface area (Å²) in [6.07, 6.45) is 3.22. The number of nitro groups is 1. The monoisotopic (exact) mass is 333 g/mol. The summed E-state index contributed by atoms with van der Waals surface area (Å²) in [7, 11) is 0. The highest BCUT2D eigenvalue weighted by Gasteiger charge is 2.18. The van der Waals surface area contributed by atoms with E-state index in [1.54, 1.807) is 29.1 Å². The summed E-state index contributed by atoms with van der Waals surface area (Å²) in [6, 6.07) is 10.9. The number of imidazole rings is 1. The largest absolute Gasteiger partial charge is 0.338 e. The number of nitro benzene ring substituents is 1. The van der Waals surface area contributed by atoms with Gasteiger partial charge in [-0.2, -0.15) is 0 Å². The van der Waals surface area contributed by atoms with Crippen LogP contribution in [-0.4, -0.2) is 19.3 Å². The van der Waals surface area contributed by atoms with Crippen molar-refractivity contribution in [3.63, 3.8) is 0 Å². The van der Waals surface area contributed by atoms with Crippen LogP contribution < -0.4 is 5.32 Å². The van der Waals surface area contributed by atoms with Crippen LogP contribution in [0.15, 0.2) is 48.9 Å². The molecule has 0 saturated heterocycles. The predicted octanol–water partition coefficient (Wildman–Crippen LogP) is 4.15. The number of anilines is 2. The highest BCUT2D eigenvalue weighted by Crippen LogP contribution is 2.31. The molecule has 4 rings (SSSR count). The van der Waals surface area contributed by atoms with Crippen molar-refractivity contribution in [2.75, 3.05) is 5.32 Å². The number of benzene rings is 2. The summed E-state index contributed by atoms with van der Waals surface area (Å²) in [4.78, 5) is 19.8. The van der Waals surface area contributed by atoms with Crippen molar-refractivity contribution in [3.8, 4) is 0 Å². The number of fused-ring (bicyclic) bond motifs is 3. The fraction of sp³-hybridized carbons (Fsp3) is 0.111. The van der Waals surface area contributed by atoms with Crippen LogP contribution in [-0.2, 0) is 0 Å². The van der Waals surface area contributed by atoms with Crippen LogP contribution in [0.2, 0.25) is 0 Å². The zero-order valence-electron chi connectivity index (χ0n) is 13.7. The molecule has 2 aromatic carbocycles. The third-order valence-electron chi connectivity index (χ3n) is 4.27. The molecule has 0 aliphatic carbocycles. The van der Waals surface area contributed by atoms with E-state index >= 15 is 0 Å². The van der Waals surface area contributed by atoms with Gasteiger partial charge < -0.3 is 5.32 Å². The Labute approximate surface area is 143 Å². The molecule has 2 aromatic heterocycles. The fourth-order valence-corrected chi connectivity index (χ4v) is 3.05. The topological polar surface area (TPSA) is 85.4 Å². The Kier molecular flexibility index (Phi) is 3.35. The van der Waals surface area contributed by atoms with E-state index < -0.39 is 4.92 Å². The lowest BCUT2D eigenvalue weighted by Crippen LogP contribution is -2.03. The Morgan fingerprint density at radius 3 is 2.56 bits per heavy atom. The fourth-order valence-electron chi connectivity index (χ4n) is 3.05. The maximum atomic E-state index is 11.4. The first-order valence-corrected chi connectivity index (χ1v) is 7.78. The first-order chi connectivity index (χ1) is 12.1. The maximum absolute atomic E-state index is 11.4. The Balaban J connectivity index is 1.99. The molecule has 0 saturated carbocycles. The first kappa shape index (κ1) is 15.1. The molecule has 0 aliphatic rings. The molecule has 0 unspecified atom stereocenters. The zero-order valence-corrected chi connectivity index (χ0v) is 13.7. The van der Waals surface area contributed by atoms with Gasteiger partial charge in [0.15, 0.2) is 11.3 Å². The number of non-ortho nitro benzene ring substituents is 1. The van der Waals surface area contributed by atoms with Gasteiger partial charge in [-0.25, -0.2) is 9.97 Å². The molecule has 7 nitrogen and oxygen atoms in total. The van der Waals surface area contributed by atoms with E-state index in [-0.39, 0.29) is 5.69 Å². The van der Waals surface area contributed by atoms with Crippen molar-refractivity contribution < 1.29 is 4.92 Å². The molecular weight excluding hydrogens is 318 g/mol. The quantitative estimate of drug-likeness (QED) is 0.449. The summed E-state index contributed by atoms with van der Waals surface area (Å²) >= 11 is 0. The van der Waals surface area contributed by atoms with E-state index in [0.29, 0.717) is 22.4 Å². The molecule has 25 heavy (non-hydrogen) atoms. The van der Waals surface area contributed by atoms with Gasteiger partial charge in [0.05, 0.1) is 16.6 Å². The van der Waals surface area contributed by atoms with Crippen molar-refractivity contribution in [1.82, 2.24) is 14.4 Å². The summed E-state index contributed by atoms with van der Waals surface area (Å²) in [5.74, 6) is 0.614. The number of aromatic nitrogens is 3. The highest BCUT2D eigenvalue weighted by atomic mass is 16.6. The van der Waals surface area contributed by atoms with Gasteiger partial charge in [-0.1, -0.05) is 24.3 Å². The van der Waals surface area contributed by atoms with E-state index in [0.717, 1.165) is 16.8 Å². The lowest BCUT2D eigenvalue weighted by Gasteiger charge is -2.14. The van der Waals surface area contributed by atoms with E-state index in [1.165, 1.54) is 6.07 Å². The van der Waals surface area contributed by atoms with E-state index in [9.17, 15) is 10.1 Å². The van der Waals surface area contributed by atoms with E-state index in [4.69, 9.17) is 0 Å². The lowest BCUT2D eigenvalue weighted by molar-refractivity contribution is -0.383. The number of hydrogen-bond acceptors (Lipinski definition) is 5. The molecule has 0 aliphatic heterocycles. The van der Waals surface area contributed by atoms with Crippen LogP contribution in [0.5, 0.6) is 0 Å². The lowest BCUT2D eigenvalue weighted by atomic mass is 10.1. The molecule has 0 bridgehead atoms. The highest BCUT2D eigenvalue weighted by molar-refractivity contribution is 5.91. The van der Waals surface area contributed by atoms with E-state index in [2.05, 4.69) is 15.3 Å². The SMILES string of the molecule is Cc1cccc(C)c1Nc1nc2cccc([N+](=O)[O-])c2n2cncc12. The Bertz CT molecular complexity index is 1110. The molecule has 0 fully saturated rings. The minimum Gasteiger partial charge on any atom is -0.338 e. The number of nitrogens with one attached hydrogen (secondary N) is 1. The second-order valence-electron chi connectivity index (χ2n) is 5.90. The molecule has 7 heteroatoms. The smallest absolute Gasteiger partial charge is 0.295 e. The third kappa shape index (κ3) is 2.37. The number of nitrogens with zero attached hydrogens (tertiary/aromatic N) is 4. The average Bonchev–Trinajstić information content (AvgIpc) is 3.07. The van der Waals surface area contributed by atoms with E-state index in [1.807, 2.05) is 32.0 Å². The second-order valence-corrected chi connectivity index (χ2v) is 5.90. The molecule has 0 radical (unpaired) electrons. The number of para-hydroxylation sites is 2. The molecule has 4 aromatic rings. The number of aryl methyl sites for hydroxylation is 2. The van der Waals surface area contributed by atoms with Gasteiger partial charge in [-0.15, -0.1) is 0 Å². The van der Waals surface area contributed by atoms with Gasteiger partial charge in [0.1, 0.15) is 11.8 Å². The normalized spacial score (nSPS) is 11.1. The van der Waals surface area contributed by atoms with Gasteiger partial charge in [-0.05, 0) is 31.0 Å². The van der Waals surface area contributed by atoms with Gasteiger partial charge in [0, 0.05) is 11.8 Å². The average molecular weight is 333 g/mol. The van der Waals surface area contributed by atoms with Crippen molar-refractivity contribution in [2.24, 2.45) is 0 Å². The first-order valence-electron chi connectivity index (χ1n) is 7.78. The van der Waals surface area contributed by atoms with Crippen molar-refractivity contribution in [1.29, 1.82) is 0 Å². The van der Waals surface area contributed by atoms with Crippen molar-refractivity contribution in [3.05, 3.63) is 70.2 Å². The molecule has 124 valence electrons. The number of hydrogen-bond donors (Lipinski definition) is 1. The Morgan fingerprint density at radius 2 is 1.84 bits per heavy atom. The van der Waals surface area contributed by atoms with Gasteiger partial charge >= 0.3 is 0 Å². The Hall–Kier alpha value is -3.48. The minimum absolute atomic E-state index is 0.00613. The van der Waals surface area contributed by atoms with Crippen molar-refractivity contribution >= 4 is 33.7 Å². The maximum Gasteiger partial charge on any atom is 0.295 e. The molecule has 0 atom stereocenters. The molecular formula is C18H15N5O2. The van der Waals surface area contributed by atoms with Crippen LogP contribution in [0.1, 0.15) is 11.1 Å². The van der Waals surface area contributed by atoms with Crippen LogP contribution >= 0.6 is 0 Å². The van der Waals surface area contributed by atoms with Gasteiger partial charge in [0.25, 0.3) is 5.69 Å². The van der Waals surface area contributed by atoms with Crippen LogP contribution in [0, 0.1) is 24.0 Å². The van der Waals surface area contributed by atoms with Gasteiger partial charge in [-0.3, -0.25) is 14.5 Å². The summed E-state index contributed by atoms with van der Waals surface area (Å²) in [6.45, 7) is 4.05. The zero-order chi connectivity index (χ0) is 17.6. The summed E-state index contributed by atoms with van der Waals surface area (Å²) in [5, 5.41) is 14.7. The molecule has 0 spiro atoms. The molecule has 0 amide bonds. The predicted molar refractivity (Wildman–Crippen MR) is 96.3 cm³/mol. The van der Waals surface area contributed by atoms with Crippen LogP contribution in [0.25, 0.3) is 16.6 Å². The van der Waals surface area contributed by atoms with Crippen LogP contribution in [0.4, 0.5) is 17.2 Å². The standard InChI is InChI=1S/C18H15N5O2/c1-11-5-3-6-12(2)16(11)21-18-15-9-19-10-22(15)17-13(20-18)7-4-8-14(17)23(24)25/h3-10H,1-2H3,(H,20,21). The third-order valence-corrected chi connectivity index (χ3v) is 4.27. The van der Waals surface area contributed by atoms with Gasteiger partial charge in [0.2, 0.25) is 0 Å². The Morgan fingerprint density at radius 1 is 1.12 bits per heavy atom. The van der Waals surface area contributed by atoms with Crippen LogP contribution in [0.3, 0.4) is 0 Å².